The molecule has 0 radical (unpaired) electrons. The summed E-state index contributed by atoms with van der Waals surface area (Å²) in [5, 5.41) is 10.8. The summed E-state index contributed by atoms with van der Waals surface area (Å²) >= 11 is 0. The Labute approximate surface area is 113 Å². The number of nitrogens with zero attached hydrogens (tertiary/aromatic N) is 2. The maximum atomic E-state index is 12.2. The predicted octanol–water partition coefficient (Wildman–Crippen LogP) is 2.66. The number of rotatable bonds is 2. The topological polar surface area (TPSA) is 67.9 Å². The maximum absolute atomic E-state index is 12.2. The van der Waals surface area contributed by atoms with Crippen molar-refractivity contribution >= 4 is 5.97 Å². The van der Waals surface area contributed by atoms with Crippen LogP contribution < -0.4 is 0 Å². The first-order valence-electron chi connectivity index (χ1n) is 7.10. The molecule has 1 heterocycles. The molecule has 0 bridgehead atoms. The number of ether oxygens (including phenoxy) is 1. The molecule has 5 nitrogen and oxygen atoms in total. The molecule has 2 aliphatic rings. The number of nitrogens with one attached hydrogen (secondary N) is 1. The van der Waals surface area contributed by atoms with Gasteiger partial charge >= 0.3 is 5.97 Å². The Bertz CT molecular complexity index is 489. The fourth-order valence-corrected chi connectivity index (χ4v) is 3.22. The van der Waals surface area contributed by atoms with Gasteiger partial charge in [0.15, 0.2) is 5.69 Å². The Morgan fingerprint density at radius 3 is 2.84 bits per heavy atom. The number of fused-ring (bicyclic) bond motifs is 1. The lowest BCUT2D eigenvalue weighted by atomic mass is 9.86. The first kappa shape index (κ1) is 12.6. The molecule has 3 atom stereocenters. The summed E-state index contributed by atoms with van der Waals surface area (Å²) in [6.45, 7) is 5.59. The van der Waals surface area contributed by atoms with Crippen molar-refractivity contribution in [1.29, 1.82) is 0 Å². The molecule has 0 aliphatic heterocycles. The van der Waals surface area contributed by atoms with E-state index in [1.54, 1.807) is 0 Å². The van der Waals surface area contributed by atoms with Crippen molar-refractivity contribution in [3.63, 3.8) is 0 Å². The molecule has 0 saturated heterocycles. The Kier molecular flexibility index (Phi) is 2.87. The smallest absolute Gasteiger partial charge is 0.361 e. The molecule has 104 valence electrons. The van der Waals surface area contributed by atoms with Crippen molar-refractivity contribution in [2.75, 3.05) is 0 Å². The van der Waals surface area contributed by atoms with E-state index in [4.69, 9.17) is 4.74 Å². The van der Waals surface area contributed by atoms with E-state index in [1.807, 2.05) is 20.8 Å². The average molecular weight is 263 g/mol. The van der Waals surface area contributed by atoms with E-state index in [1.165, 1.54) is 19.3 Å². The second-order valence-corrected chi connectivity index (χ2v) is 6.76. The summed E-state index contributed by atoms with van der Waals surface area (Å²) in [5.41, 5.74) is 0.705. The molecule has 0 amide bonds. The number of H-pyrrole nitrogens is 1. The van der Waals surface area contributed by atoms with Crippen LogP contribution in [0.25, 0.3) is 0 Å². The van der Waals surface area contributed by atoms with Gasteiger partial charge in [0.2, 0.25) is 0 Å². The third-order valence-corrected chi connectivity index (χ3v) is 4.10. The van der Waals surface area contributed by atoms with Crippen molar-refractivity contribution in [2.24, 2.45) is 11.8 Å². The standard InChI is InChI=1S/C14H21N3O2/c1-14(2,3)19-13(18)12-11(15-17-16-12)9-6-4-5-8-7-10(8)9/h8-10H,4-7H2,1-3H3,(H,15,16,17). The van der Waals surface area contributed by atoms with Crippen LogP contribution in [0.2, 0.25) is 0 Å². The van der Waals surface area contributed by atoms with Gasteiger partial charge in [-0.1, -0.05) is 12.8 Å². The highest BCUT2D eigenvalue weighted by atomic mass is 16.6. The highest BCUT2D eigenvalue weighted by Gasteiger charge is 2.47. The van der Waals surface area contributed by atoms with Gasteiger partial charge in [-0.2, -0.15) is 10.3 Å². The second-order valence-electron chi connectivity index (χ2n) is 6.76. The van der Waals surface area contributed by atoms with Crippen LogP contribution in [0.1, 0.15) is 68.6 Å². The van der Waals surface area contributed by atoms with Gasteiger partial charge in [0.1, 0.15) is 11.3 Å². The van der Waals surface area contributed by atoms with E-state index >= 15 is 0 Å². The van der Waals surface area contributed by atoms with E-state index in [-0.39, 0.29) is 5.97 Å². The first-order valence-corrected chi connectivity index (χ1v) is 7.10. The number of carbonyl (C=O) groups excluding carboxylic acids is 1. The van der Waals surface area contributed by atoms with Gasteiger partial charge in [0, 0.05) is 5.92 Å². The maximum Gasteiger partial charge on any atom is 0.361 e. The monoisotopic (exact) mass is 263 g/mol. The number of hydrogen-bond donors (Lipinski definition) is 1. The van der Waals surface area contributed by atoms with Gasteiger partial charge in [-0.15, -0.1) is 5.10 Å². The third kappa shape index (κ3) is 2.51. The molecule has 1 aromatic rings. The molecule has 5 heteroatoms. The summed E-state index contributed by atoms with van der Waals surface area (Å²) in [6, 6.07) is 0. The number of carbonyl (C=O) groups is 1. The Morgan fingerprint density at radius 2 is 2.11 bits per heavy atom. The lowest BCUT2D eigenvalue weighted by molar-refractivity contribution is 0.00606. The van der Waals surface area contributed by atoms with Crippen LogP contribution in [-0.4, -0.2) is 27.0 Å². The van der Waals surface area contributed by atoms with Crippen LogP contribution >= 0.6 is 0 Å². The van der Waals surface area contributed by atoms with Crippen molar-refractivity contribution in [2.45, 2.75) is 58.0 Å². The summed E-state index contributed by atoms with van der Waals surface area (Å²) in [4.78, 5) is 12.2. The molecule has 3 rings (SSSR count). The number of aromatic nitrogens is 3. The number of aromatic amines is 1. The Morgan fingerprint density at radius 1 is 1.32 bits per heavy atom. The number of esters is 1. The zero-order chi connectivity index (χ0) is 13.6. The molecule has 1 aromatic heterocycles. The van der Waals surface area contributed by atoms with Gasteiger partial charge in [-0.3, -0.25) is 0 Å². The zero-order valence-corrected chi connectivity index (χ0v) is 11.8. The molecule has 3 unspecified atom stereocenters. The van der Waals surface area contributed by atoms with Crippen LogP contribution in [0.4, 0.5) is 0 Å². The van der Waals surface area contributed by atoms with Crippen molar-refractivity contribution in [3.05, 3.63) is 11.4 Å². The molecule has 2 fully saturated rings. The molecule has 19 heavy (non-hydrogen) atoms. The fourth-order valence-electron chi connectivity index (χ4n) is 3.22. The molecular formula is C14H21N3O2. The van der Waals surface area contributed by atoms with Crippen LogP contribution in [0.3, 0.4) is 0 Å². The normalized spacial score (nSPS) is 29.7. The summed E-state index contributed by atoms with van der Waals surface area (Å²) in [7, 11) is 0. The van der Waals surface area contributed by atoms with Gasteiger partial charge in [0.25, 0.3) is 0 Å². The van der Waals surface area contributed by atoms with E-state index in [0.717, 1.165) is 18.0 Å². The van der Waals surface area contributed by atoms with Crippen LogP contribution in [0.15, 0.2) is 0 Å². The minimum absolute atomic E-state index is 0.362. The minimum atomic E-state index is -0.498. The van der Waals surface area contributed by atoms with Crippen molar-refractivity contribution < 1.29 is 9.53 Å². The summed E-state index contributed by atoms with van der Waals surface area (Å²) in [6.07, 6.45) is 4.96. The van der Waals surface area contributed by atoms with E-state index in [0.29, 0.717) is 17.5 Å². The Balaban J connectivity index is 1.80. The van der Waals surface area contributed by atoms with Crippen LogP contribution in [0.5, 0.6) is 0 Å². The van der Waals surface area contributed by atoms with E-state index in [9.17, 15) is 4.79 Å². The van der Waals surface area contributed by atoms with E-state index < -0.39 is 5.60 Å². The second kappa shape index (κ2) is 4.32. The molecular weight excluding hydrogens is 242 g/mol. The van der Waals surface area contributed by atoms with Gasteiger partial charge in [-0.05, 0) is 45.4 Å². The Hall–Kier alpha value is -1.39. The van der Waals surface area contributed by atoms with Gasteiger partial charge < -0.3 is 4.74 Å². The summed E-state index contributed by atoms with van der Waals surface area (Å²) < 4.78 is 5.40. The molecule has 0 spiro atoms. The molecule has 0 aromatic carbocycles. The van der Waals surface area contributed by atoms with Gasteiger partial charge in [0.05, 0.1) is 0 Å². The van der Waals surface area contributed by atoms with Crippen molar-refractivity contribution in [3.8, 4) is 0 Å². The average Bonchev–Trinajstić information content (AvgIpc) is 2.93. The minimum Gasteiger partial charge on any atom is -0.455 e. The third-order valence-electron chi connectivity index (χ3n) is 4.10. The van der Waals surface area contributed by atoms with Crippen LogP contribution in [0, 0.1) is 11.8 Å². The van der Waals surface area contributed by atoms with Gasteiger partial charge in [-0.25, -0.2) is 4.79 Å². The molecule has 2 aliphatic carbocycles. The lowest BCUT2D eigenvalue weighted by Gasteiger charge is -2.21. The highest BCUT2D eigenvalue weighted by Crippen LogP contribution is 2.56. The molecule has 1 N–H and O–H groups in total. The molecule has 2 saturated carbocycles. The predicted molar refractivity (Wildman–Crippen MR) is 69.7 cm³/mol. The van der Waals surface area contributed by atoms with Crippen LogP contribution in [-0.2, 0) is 4.74 Å². The largest absolute Gasteiger partial charge is 0.455 e. The summed E-state index contributed by atoms with van der Waals surface area (Å²) in [5.74, 6) is 1.58. The first-order chi connectivity index (χ1) is 8.96. The quantitative estimate of drug-likeness (QED) is 0.833. The fraction of sp³-hybridized carbons (Fsp3) is 0.786. The highest BCUT2D eigenvalue weighted by molar-refractivity contribution is 5.88. The number of hydrogen-bond acceptors (Lipinski definition) is 4. The van der Waals surface area contributed by atoms with Crippen molar-refractivity contribution in [1.82, 2.24) is 15.4 Å². The lowest BCUT2D eigenvalue weighted by Crippen LogP contribution is -2.25. The zero-order valence-electron chi connectivity index (χ0n) is 11.8. The van der Waals surface area contributed by atoms with E-state index in [2.05, 4.69) is 15.4 Å². The SMILES string of the molecule is CC(C)(C)OC(=O)c1n[nH]nc1C1CCCC2CC21.